The summed E-state index contributed by atoms with van der Waals surface area (Å²) < 4.78 is 0. The summed E-state index contributed by atoms with van der Waals surface area (Å²) in [7, 11) is 0. The first-order valence-corrected chi connectivity index (χ1v) is 6.04. The molecule has 0 aromatic heterocycles. The summed E-state index contributed by atoms with van der Waals surface area (Å²) >= 11 is 1.99. The van der Waals surface area contributed by atoms with Crippen LogP contribution in [0.25, 0.3) is 0 Å². The highest BCUT2D eigenvalue weighted by Gasteiger charge is 2.23. The number of thioether (sulfide) groups is 1. The van der Waals surface area contributed by atoms with E-state index in [1.807, 2.05) is 23.9 Å². The second-order valence-electron chi connectivity index (χ2n) is 3.82. The first-order valence-electron chi connectivity index (χ1n) is 4.89. The van der Waals surface area contributed by atoms with Gasteiger partial charge in [0.15, 0.2) is 0 Å². The standard InChI is InChI=1S/C11H15NOS/c1-8-6-14-7-11(8)12-9-3-2-4-10(13)5-9/h2-5,8,11-13H,6-7H2,1H3. The van der Waals surface area contributed by atoms with Crippen LogP contribution in [0.1, 0.15) is 6.92 Å². The number of anilines is 1. The van der Waals surface area contributed by atoms with E-state index >= 15 is 0 Å². The van der Waals surface area contributed by atoms with Gasteiger partial charge in [0.1, 0.15) is 5.75 Å². The summed E-state index contributed by atoms with van der Waals surface area (Å²) in [6.07, 6.45) is 0. The topological polar surface area (TPSA) is 32.3 Å². The number of aromatic hydroxyl groups is 1. The van der Waals surface area contributed by atoms with Gasteiger partial charge < -0.3 is 10.4 Å². The number of nitrogens with one attached hydrogen (secondary N) is 1. The molecule has 0 spiro atoms. The fourth-order valence-corrected chi connectivity index (χ4v) is 3.06. The van der Waals surface area contributed by atoms with Gasteiger partial charge in [-0.1, -0.05) is 13.0 Å². The van der Waals surface area contributed by atoms with E-state index in [-0.39, 0.29) is 0 Å². The van der Waals surface area contributed by atoms with Gasteiger partial charge in [0.2, 0.25) is 0 Å². The molecule has 0 bridgehead atoms. The van der Waals surface area contributed by atoms with Gasteiger partial charge in [0, 0.05) is 23.5 Å². The third kappa shape index (κ3) is 2.15. The SMILES string of the molecule is CC1CSCC1Nc1cccc(O)c1. The first-order chi connectivity index (χ1) is 6.75. The molecule has 1 aliphatic heterocycles. The highest BCUT2D eigenvalue weighted by Crippen LogP contribution is 2.27. The van der Waals surface area contributed by atoms with Gasteiger partial charge in [-0.2, -0.15) is 11.8 Å². The van der Waals surface area contributed by atoms with Gasteiger partial charge in [0.25, 0.3) is 0 Å². The number of benzene rings is 1. The number of phenols is 1. The Kier molecular flexibility index (Phi) is 2.87. The normalized spacial score (nSPS) is 26.4. The summed E-state index contributed by atoms with van der Waals surface area (Å²) in [6, 6.07) is 7.87. The van der Waals surface area contributed by atoms with Crippen LogP contribution in [0.15, 0.2) is 24.3 Å². The molecule has 0 radical (unpaired) electrons. The molecule has 1 aromatic carbocycles. The van der Waals surface area contributed by atoms with Crippen LogP contribution >= 0.6 is 11.8 Å². The molecule has 3 heteroatoms. The van der Waals surface area contributed by atoms with Crippen LogP contribution in [-0.2, 0) is 0 Å². The second-order valence-corrected chi connectivity index (χ2v) is 4.89. The lowest BCUT2D eigenvalue weighted by atomic mass is 10.1. The summed E-state index contributed by atoms with van der Waals surface area (Å²) in [5.41, 5.74) is 1.02. The lowest BCUT2D eigenvalue weighted by molar-refractivity contribution is 0.475. The lowest BCUT2D eigenvalue weighted by Gasteiger charge is -2.17. The Morgan fingerprint density at radius 3 is 2.93 bits per heavy atom. The van der Waals surface area contributed by atoms with E-state index in [0.29, 0.717) is 17.7 Å². The molecule has 1 fully saturated rings. The van der Waals surface area contributed by atoms with Crippen molar-refractivity contribution in [2.45, 2.75) is 13.0 Å². The van der Waals surface area contributed by atoms with Crippen LogP contribution in [0.5, 0.6) is 5.75 Å². The van der Waals surface area contributed by atoms with Crippen LogP contribution in [0.2, 0.25) is 0 Å². The molecule has 2 rings (SSSR count). The van der Waals surface area contributed by atoms with Crippen LogP contribution in [0, 0.1) is 5.92 Å². The summed E-state index contributed by atoms with van der Waals surface area (Å²) in [5.74, 6) is 3.43. The zero-order chi connectivity index (χ0) is 9.97. The van der Waals surface area contributed by atoms with Crippen molar-refractivity contribution < 1.29 is 5.11 Å². The minimum atomic E-state index is 0.327. The second kappa shape index (κ2) is 4.13. The van der Waals surface area contributed by atoms with Crippen molar-refractivity contribution in [3.8, 4) is 5.75 Å². The molecule has 0 amide bonds. The van der Waals surface area contributed by atoms with E-state index in [2.05, 4.69) is 12.2 Å². The molecule has 0 saturated carbocycles. The smallest absolute Gasteiger partial charge is 0.117 e. The Bertz CT molecular complexity index is 316. The minimum Gasteiger partial charge on any atom is -0.508 e. The van der Waals surface area contributed by atoms with Crippen LogP contribution in [0.3, 0.4) is 0 Å². The van der Waals surface area contributed by atoms with Gasteiger partial charge in [-0.3, -0.25) is 0 Å². The quantitative estimate of drug-likeness (QED) is 0.785. The van der Waals surface area contributed by atoms with Crippen molar-refractivity contribution >= 4 is 17.4 Å². The Morgan fingerprint density at radius 1 is 1.43 bits per heavy atom. The maximum absolute atomic E-state index is 9.31. The van der Waals surface area contributed by atoms with E-state index in [9.17, 15) is 5.11 Å². The zero-order valence-corrected chi connectivity index (χ0v) is 9.05. The first kappa shape index (κ1) is 9.71. The van der Waals surface area contributed by atoms with Crippen molar-refractivity contribution in [3.63, 3.8) is 0 Å². The average Bonchev–Trinajstić information content (AvgIpc) is 2.52. The fraction of sp³-hybridized carbons (Fsp3) is 0.455. The average molecular weight is 209 g/mol. The highest BCUT2D eigenvalue weighted by molar-refractivity contribution is 7.99. The maximum Gasteiger partial charge on any atom is 0.117 e. The summed E-state index contributed by atoms with van der Waals surface area (Å²) in [5, 5.41) is 12.8. The van der Waals surface area contributed by atoms with E-state index in [0.717, 1.165) is 11.4 Å². The van der Waals surface area contributed by atoms with Gasteiger partial charge in [-0.25, -0.2) is 0 Å². The monoisotopic (exact) mass is 209 g/mol. The largest absolute Gasteiger partial charge is 0.508 e. The minimum absolute atomic E-state index is 0.327. The molecule has 1 saturated heterocycles. The number of hydrogen-bond donors (Lipinski definition) is 2. The van der Waals surface area contributed by atoms with Crippen LogP contribution < -0.4 is 5.32 Å². The Hall–Kier alpha value is -0.830. The van der Waals surface area contributed by atoms with E-state index in [1.165, 1.54) is 5.75 Å². The number of hydrogen-bond acceptors (Lipinski definition) is 3. The molecule has 0 aliphatic carbocycles. The van der Waals surface area contributed by atoms with E-state index < -0.39 is 0 Å². The van der Waals surface area contributed by atoms with Gasteiger partial charge in [-0.05, 0) is 23.8 Å². The van der Waals surface area contributed by atoms with Gasteiger partial charge in [0.05, 0.1) is 0 Å². The molecule has 2 N–H and O–H groups in total. The predicted octanol–water partition coefficient (Wildman–Crippen LogP) is 2.56. The molecule has 76 valence electrons. The van der Waals surface area contributed by atoms with Crippen molar-refractivity contribution in [2.75, 3.05) is 16.8 Å². The van der Waals surface area contributed by atoms with Gasteiger partial charge in [-0.15, -0.1) is 0 Å². The molecule has 1 heterocycles. The Balaban J connectivity index is 2.03. The molecule has 14 heavy (non-hydrogen) atoms. The predicted molar refractivity (Wildman–Crippen MR) is 62.0 cm³/mol. The van der Waals surface area contributed by atoms with E-state index in [4.69, 9.17) is 0 Å². The molecule has 2 atom stereocenters. The Morgan fingerprint density at radius 2 is 2.29 bits per heavy atom. The highest BCUT2D eigenvalue weighted by atomic mass is 32.2. The molecule has 1 aliphatic rings. The molecule has 1 aromatic rings. The Labute approximate surface area is 88.7 Å². The summed E-state index contributed by atoms with van der Waals surface area (Å²) in [6.45, 7) is 2.26. The summed E-state index contributed by atoms with van der Waals surface area (Å²) in [4.78, 5) is 0. The number of rotatable bonds is 2. The molecule has 2 unspecified atom stereocenters. The van der Waals surface area contributed by atoms with Crippen molar-refractivity contribution in [3.05, 3.63) is 24.3 Å². The van der Waals surface area contributed by atoms with Gasteiger partial charge >= 0.3 is 0 Å². The van der Waals surface area contributed by atoms with E-state index in [1.54, 1.807) is 12.1 Å². The molecular weight excluding hydrogens is 194 g/mol. The lowest BCUT2D eigenvalue weighted by Crippen LogP contribution is -2.25. The molecule has 2 nitrogen and oxygen atoms in total. The van der Waals surface area contributed by atoms with Crippen molar-refractivity contribution in [1.82, 2.24) is 0 Å². The van der Waals surface area contributed by atoms with Crippen molar-refractivity contribution in [1.29, 1.82) is 0 Å². The number of phenolic OH excluding ortho intramolecular Hbond substituents is 1. The molecular formula is C11H15NOS. The maximum atomic E-state index is 9.31. The third-order valence-electron chi connectivity index (χ3n) is 2.56. The van der Waals surface area contributed by atoms with Crippen LogP contribution in [0.4, 0.5) is 5.69 Å². The van der Waals surface area contributed by atoms with Crippen LogP contribution in [-0.4, -0.2) is 22.7 Å². The van der Waals surface area contributed by atoms with Crippen molar-refractivity contribution in [2.24, 2.45) is 5.92 Å². The third-order valence-corrected chi connectivity index (χ3v) is 3.92. The fourth-order valence-electron chi connectivity index (χ4n) is 1.66. The zero-order valence-electron chi connectivity index (χ0n) is 8.23.